The molecule has 1 saturated carbocycles. The van der Waals surface area contributed by atoms with E-state index in [1.54, 1.807) is 0 Å². The fraction of sp³-hybridized carbons (Fsp3) is 0.381. The molecule has 1 fully saturated rings. The van der Waals surface area contributed by atoms with Crippen LogP contribution < -0.4 is 16.0 Å². The van der Waals surface area contributed by atoms with Crippen molar-refractivity contribution < 1.29 is 4.79 Å². The molecular weight excluding hydrogens is 352 g/mol. The van der Waals surface area contributed by atoms with E-state index in [0.29, 0.717) is 11.9 Å². The SMILES string of the molecule is CC(C)n1cc(-c2ccc3c(c2)CCN3C(=O)NC2CC2)c2c(N)ncnc21. The van der Waals surface area contributed by atoms with E-state index in [1.807, 2.05) is 11.0 Å². The highest BCUT2D eigenvalue weighted by Gasteiger charge is 2.30. The molecule has 2 aliphatic rings. The number of rotatable bonds is 3. The first-order chi connectivity index (χ1) is 13.5. The fourth-order valence-electron chi connectivity index (χ4n) is 3.98. The third-order valence-corrected chi connectivity index (χ3v) is 5.63. The van der Waals surface area contributed by atoms with Gasteiger partial charge in [0, 0.05) is 36.1 Å². The Balaban J connectivity index is 1.56. The average molecular weight is 376 g/mol. The molecule has 1 aliphatic carbocycles. The van der Waals surface area contributed by atoms with Crippen LogP contribution in [0.3, 0.4) is 0 Å². The van der Waals surface area contributed by atoms with Gasteiger partial charge in [0.15, 0.2) is 0 Å². The van der Waals surface area contributed by atoms with Gasteiger partial charge in [-0.15, -0.1) is 0 Å². The largest absolute Gasteiger partial charge is 0.383 e. The van der Waals surface area contributed by atoms with Crippen molar-refractivity contribution in [2.75, 3.05) is 17.2 Å². The van der Waals surface area contributed by atoms with Crippen LogP contribution in [0.2, 0.25) is 0 Å². The molecule has 5 rings (SSSR count). The Morgan fingerprint density at radius 1 is 1.29 bits per heavy atom. The maximum absolute atomic E-state index is 12.5. The standard InChI is InChI=1S/C21H24N6O/c1-12(2)27-10-16(18-19(22)23-11-24-20(18)27)13-3-6-17-14(9-13)7-8-26(17)21(28)25-15-4-5-15/h3,6,9-12,15H,4-5,7-8H2,1-2H3,(H,25,28)(H2,22,23,24). The predicted molar refractivity (Wildman–Crippen MR) is 110 cm³/mol. The van der Waals surface area contributed by atoms with Crippen molar-refractivity contribution in [3.8, 4) is 11.1 Å². The number of aromatic nitrogens is 3. The summed E-state index contributed by atoms with van der Waals surface area (Å²) in [5, 5.41) is 3.97. The lowest BCUT2D eigenvalue weighted by Crippen LogP contribution is -2.40. The van der Waals surface area contributed by atoms with Gasteiger partial charge in [-0.3, -0.25) is 4.90 Å². The minimum absolute atomic E-state index is 0.0167. The molecule has 7 nitrogen and oxygen atoms in total. The quantitative estimate of drug-likeness (QED) is 0.732. The summed E-state index contributed by atoms with van der Waals surface area (Å²) in [5.74, 6) is 0.491. The van der Waals surface area contributed by atoms with E-state index in [9.17, 15) is 4.79 Å². The van der Waals surface area contributed by atoms with E-state index in [0.717, 1.165) is 53.7 Å². The Kier molecular flexibility index (Phi) is 3.79. The molecule has 3 heterocycles. The minimum Gasteiger partial charge on any atom is -0.383 e. The van der Waals surface area contributed by atoms with E-state index < -0.39 is 0 Å². The Hall–Kier alpha value is -3.09. The van der Waals surface area contributed by atoms with Crippen LogP contribution in [0.1, 0.15) is 38.3 Å². The van der Waals surface area contributed by atoms with Gasteiger partial charge < -0.3 is 15.6 Å². The van der Waals surface area contributed by atoms with Crippen LogP contribution in [0.4, 0.5) is 16.3 Å². The van der Waals surface area contributed by atoms with Crippen molar-refractivity contribution in [1.29, 1.82) is 0 Å². The Bertz CT molecular complexity index is 1080. The van der Waals surface area contributed by atoms with Gasteiger partial charge in [0.05, 0.1) is 5.39 Å². The van der Waals surface area contributed by atoms with Crippen molar-refractivity contribution >= 4 is 28.6 Å². The van der Waals surface area contributed by atoms with Crippen LogP contribution in [0, 0.1) is 0 Å². The van der Waals surface area contributed by atoms with Crippen LogP contribution in [0.5, 0.6) is 0 Å². The molecule has 0 spiro atoms. The van der Waals surface area contributed by atoms with Gasteiger partial charge in [0.25, 0.3) is 0 Å². The van der Waals surface area contributed by atoms with Crippen molar-refractivity contribution in [3.05, 3.63) is 36.3 Å². The lowest BCUT2D eigenvalue weighted by Gasteiger charge is -2.18. The van der Waals surface area contributed by atoms with E-state index in [2.05, 4.69) is 52.0 Å². The number of hydrogen-bond acceptors (Lipinski definition) is 4. The Labute approximate surface area is 163 Å². The molecule has 144 valence electrons. The molecule has 0 atom stereocenters. The lowest BCUT2D eigenvalue weighted by molar-refractivity contribution is 0.246. The summed E-state index contributed by atoms with van der Waals surface area (Å²) in [6, 6.07) is 6.92. The highest BCUT2D eigenvalue weighted by Crippen LogP contribution is 2.38. The molecule has 7 heteroatoms. The number of nitrogens with two attached hydrogens (primary N) is 1. The molecule has 0 bridgehead atoms. The summed E-state index contributed by atoms with van der Waals surface area (Å²) in [4.78, 5) is 23.0. The number of nitrogens with zero attached hydrogens (tertiary/aromatic N) is 4. The summed E-state index contributed by atoms with van der Waals surface area (Å²) >= 11 is 0. The third-order valence-electron chi connectivity index (χ3n) is 5.63. The summed E-state index contributed by atoms with van der Waals surface area (Å²) < 4.78 is 2.13. The number of hydrogen-bond donors (Lipinski definition) is 2. The minimum atomic E-state index is 0.0167. The van der Waals surface area contributed by atoms with Crippen LogP contribution in [-0.2, 0) is 6.42 Å². The number of nitrogens with one attached hydrogen (secondary N) is 1. The van der Waals surface area contributed by atoms with E-state index in [4.69, 9.17) is 5.73 Å². The highest BCUT2D eigenvalue weighted by atomic mass is 16.2. The Morgan fingerprint density at radius 2 is 2.11 bits per heavy atom. The van der Waals surface area contributed by atoms with Gasteiger partial charge in [-0.2, -0.15) is 0 Å². The highest BCUT2D eigenvalue weighted by molar-refractivity contribution is 6.01. The molecule has 3 N–H and O–H groups in total. The van der Waals surface area contributed by atoms with Crippen LogP contribution >= 0.6 is 0 Å². The van der Waals surface area contributed by atoms with Gasteiger partial charge in [0.1, 0.15) is 17.8 Å². The normalized spacial score (nSPS) is 16.0. The Morgan fingerprint density at radius 3 is 2.86 bits per heavy atom. The molecule has 3 aromatic rings. The van der Waals surface area contributed by atoms with Gasteiger partial charge in [0.2, 0.25) is 0 Å². The van der Waals surface area contributed by atoms with Gasteiger partial charge in [-0.25, -0.2) is 14.8 Å². The number of urea groups is 1. The summed E-state index contributed by atoms with van der Waals surface area (Å²) in [6.45, 7) is 4.97. The second kappa shape index (κ2) is 6.22. The van der Waals surface area contributed by atoms with Crippen LogP contribution in [0.25, 0.3) is 22.2 Å². The number of carbonyl (C=O) groups is 1. The molecule has 1 aromatic carbocycles. The fourth-order valence-corrected chi connectivity index (χ4v) is 3.98. The van der Waals surface area contributed by atoms with Gasteiger partial charge in [-0.05, 0) is 56.4 Å². The smallest absolute Gasteiger partial charge is 0.322 e. The molecule has 0 unspecified atom stereocenters. The van der Waals surface area contributed by atoms with E-state index in [-0.39, 0.29) is 12.1 Å². The second-order valence-electron chi connectivity index (χ2n) is 7.97. The summed E-state index contributed by atoms with van der Waals surface area (Å²) in [6.07, 6.45) is 6.66. The van der Waals surface area contributed by atoms with Gasteiger partial charge in [-0.1, -0.05) is 6.07 Å². The molecular formula is C21H24N6O. The molecule has 1 aliphatic heterocycles. The van der Waals surface area contributed by atoms with E-state index >= 15 is 0 Å². The lowest BCUT2D eigenvalue weighted by atomic mass is 10.0. The summed E-state index contributed by atoms with van der Waals surface area (Å²) in [5.41, 5.74) is 11.4. The first kappa shape index (κ1) is 17.0. The van der Waals surface area contributed by atoms with Gasteiger partial charge >= 0.3 is 6.03 Å². The molecule has 28 heavy (non-hydrogen) atoms. The molecule has 0 saturated heterocycles. The topological polar surface area (TPSA) is 89.1 Å². The van der Waals surface area contributed by atoms with Crippen molar-refractivity contribution in [3.63, 3.8) is 0 Å². The van der Waals surface area contributed by atoms with E-state index in [1.165, 1.54) is 11.9 Å². The van der Waals surface area contributed by atoms with Crippen LogP contribution in [-0.4, -0.2) is 33.2 Å². The third kappa shape index (κ3) is 2.69. The number of anilines is 2. The zero-order valence-corrected chi connectivity index (χ0v) is 16.1. The zero-order chi connectivity index (χ0) is 19.4. The first-order valence-corrected chi connectivity index (χ1v) is 9.85. The monoisotopic (exact) mass is 376 g/mol. The second-order valence-corrected chi connectivity index (χ2v) is 7.97. The average Bonchev–Trinajstić information content (AvgIpc) is 3.24. The molecule has 2 amide bonds. The number of amides is 2. The maximum Gasteiger partial charge on any atom is 0.322 e. The zero-order valence-electron chi connectivity index (χ0n) is 16.1. The molecule has 2 aromatic heterocycles. The number of nitrogen functional groups attached to an aromatic ring is 1. The number of carbonyl (C=O) groups excluding carboxylic acids is 1. The first-order valence-electron chi connectivity index (χ1n) is 9.85. The number of fused-ring (bicyclic) bond motifs is 2. The van der Waals surface area contributed by atoms with Crippen molar-refractivity contribution in [2.24, 2.45) is 0 Å². The molecule has 0 radical (unpaired) electrons. The maximum atomic E-state index is 12.5. The number of benzene rings is 1. The van der Waals surface area contributed by atoms with Crippen LogP contribution in [0.15, 0.2) is 30.7 Å². The van der Waals surface area contributed by atoms with Crippen molar-refractivity contribution in [2.45, 2.75) is 45.2 Å². The summed E-state index contributed by atoms with van der Waals surface area (Å²) in [7, 11) is 0. The predicted octanol–water partition coefficient (Wildman–Crippen LogP) is 3.50. The van der Waals surface area contributed by atoms with Crippen molar-refractivity contribution in [1.82, 2.24) is 19.9 Å².